The SMILES string of the molecule is BrC#CC1CN([C@H]2CCOC2)C1. The summed E-state index contributed by atoms with van der Waals surface area (Å²) in [7, 11) is 0. The molecule has 0 unspecified atom stereocenters. The Balaban J connectivity index is 1.75. The van der Waals surface area contributed by atoms with Gasteiger partial charge in [-0.15, -0.1) is 0 Å². The van der Waals surface area contributed by atoms with E-state index in [-0.39, 0.29) is 0 Å². The number of halogens is 1. The van der Waals surface area contributed by atoms with E-state index in [0.717, 1.165) is 26.3 Å². The molecule has 2 aliphatic heterocycles. The number of rotatable bonds is 1. The van der Waals surface area contributed by atoms with Crippen LogP contribution in [0, 0.1) is 16.7 Å². The number of hydrogen-bond donors (Lipinski definition) is 0. The highest BCUT2D eigenvalue weighted by Crippen LogP contribution is 2.22. The van der Waals surface area contributed by atoms with Crippen LogP contribution >= 0.6 is 15.9 Å². The van der Waals surface area contributed by atoms with Gasteiger partial charge in [-0.2, -0.15) is 0 Å². The molecule has 0 spiro atoms. The van der Waals surface area contributed by atoms with Crippen molar-refractivity contribution in [2.24, 2.45) is 5.92 Å². The van der Waals surface area contributed by atoms with Gasteiger partial charge in [0.1, 0.15) is 0 Å². The summed E-state index contributed by atoms with van der Waals surface area (Å²) < 4.78 is 5.32. The first kappa shape index (κ1) is 8.55. The minimum Gasteiger partial charge on any atom is -0.380 e. The lowest BCUT2D eigenvalue weighted by Crippen LogP contribution is -2.51. The highest BCUT2D eigenvalue weighted by atomic mass is 79.9. The normalized spacial score (nSPS) is 30.9. The van der Waals surface area contributed by atoms with Crippen LogP contribution in [0.15, 0.2) is 0 Å². The standard InChI is InChI=1S/C9H12BrNO/c10-3-1-8-5-11(6-8)9-2-4-12-7-9/h8-9H,2,4-7H2/t9-/m0/s1. The minimum absolute atomic E-state index is 0.588. The lowest BCUT2D eigenvalue weighted by molar-refractivity contribution is 0.0694. The van der Waals surface area contributed by atoms with Crippen molar-refractivity contribution in [1.29, 1.82) is 0 Å². The Kier molecular flexibility index (Phi) is 2.69. The molecule has 0 aromatic carbocycles. The first-order chi connectivity index (χ1) is 5.90. The van der Waals surface area contributed by atoms with Crippen molar-refractivity contribution < 1.29 is 4.74 Å². The smallest absolute Gasteiger partial charge is 0.0622 e. The predicted octanol–water partition coefficient (Wildman–Crippen LogP) is 1.06. The van der Waals surface area contributed by atoms with Crippen LogP contribution in [0.1, 0.15) is 6.42 Å². The van der Waals surface area contributed by atoms with E-state index in [1.165, 1.54) is 6.42 Å². The fraction of sp³-hybridized carbons (Fsp3) is 0.778. The van der Waals surface area contributed by atoms with Crippen molar-refractivity contribution in [3.8, 4) is 10.8 Å². The van der Waals surface area contributed by atoms with E-state index in [2.05, 4.69) is 31.6 Å². The Labute approximate surface area is 81.4 Å². The molecule has 1 atom stereocenters. The summed E-state index contributed by atoms with van der Waals surface area (Å²) in [5, 5.41) is 0. The molecule has 2 rings (SSSR count). The molecule has 0 radical (unpaired) electrons. The summed E-state index contributed by atoms with van der Waals surface area (Å²) in [5.74, 6) is 3.71. The van der Waals surface area contributed by atoms with Gasteiger partial charge in [0.15, 0.2) is 0 Å². The first-order valence-corrected chi connectivity index (χ1v) is 5.12. The molecule has 3 heteroatoms. The third kappa shape index (κ3) is 1.66. The van der Waals surface area contributed by atoms with E-state index in [1.807, 2.05) is 0 Å². The van der Waals surface area contributed by atoms with Crippen LogP contribution in [0.3, 0.4) is 0 Å². The summed E-state index contributed by atoms with van der Waals surface area (Å²) in [4.78, 5) is 5.25. The predicted molar refractivity (Wildman–Crippen MR) is 51.0 cm³/mol. The molecular weight excluding hydrogens is 218 g/mol. The molecule has 0 aliphatic carbocycles. The highest BCUT2D eigenvalue weighted by molar-refractivity contribution is 9.12. The second-order valence-electron chi connectivity index (χ2n) is 3.41. The molecule has 12 heavy (non-hydrogen) atoms. The van der Waals surface area contributed by atoms with Gasteiger partial charge in [-0.3, -0.25) is 4.90 Å². The molecule has 0 bridgehead atoms. The van der Waals surface area contributed by atoms with Gasteiger partial charge < -0.3 is 4.74 Å². The molecule has 66 valence electrons. The molecule has 2 aliphatic rings. The van der Waals surface area contributed by atoms with Gasteiger partial charge in [-0.1, -0.05) is 5.92 Å². The van der Waals surface area contributed by atoms with E-state index >= 15 is 0 Å². The zero-order valence-corrected chi connectivity index (χ0v) is 8.51. The van der Waals surface area contributed by atoms with Gasteiger partial charge >= 0.3 is 0 Å². The summed E-state index contributed by atoms with van der Waals surface area (Å²) in [6.07, 6.45) is 1.20. The number of ether oxygens (including phenoxy) is 1. The van der Waals surface area contributed by atoms with E-state index in [4.69, 9.17) is 4.74 Å². The average molecular weight is 230 g/mol. The zero-order chi connectivity index (χ0) is 8.39. The zero-order valence-electron chi connectivity index (χ0n) is 6.92. The van der Waals surface area contributed by atoms with E-state index in [0.29, 0.717) is 12.0 Å². The topological polar surface area (TPSA) is 12.5 Å². The summed E-state index contributed by atoms with van der Waals surface area (Å²) in [6, 6.07) is 0.679. The Morgan fingerprint density at radius 1 is 1.42 bits per heavy atom. The second kappa shape index (κ2) is 3.78. The maximum absolute atomic E-state index is 5.32. The van der Waals surface area contributed by atoms with Gasteiger partial charge in [0.2, 0.25) is 0 Å². The molecule has 2 heterocycles. The van der Waals surface area contributed by atoms with Crippen LogP contribution in [-0.4, -0.2) is 37.2 Å². The van der Waals surface area contributed by atoms with Gasteiger partial charge in [0.25, 0.3) is 0 Å². The van der Waals surface area contributed by atoms with Crippen LogP contribution in [0.2, 0.25) is 0 Å². The maximum atomic E-state index is 5.32. The molecule has 2 saturated heterocycles. The van der Waals surface area contributed by atoms with Gasteiger partial charge in [0, 0.05) is 47.6 Å². The third-order valence-electron chi connectivity index (χ3n) is 2.59. The molecular formula is C9H12BrNO. The van der Waals surface area contributed by atoms with Crippen LogP contribution in [-0.2, 0) is 4.74 Å². The summed E-state index contributed by atoms with van der Waals surface area (Å²) in [6.45, 7) is 4.13. The van der Waals surface area contributed by atoms with Crippen LogP contribution in [0.5, 0.6) is 0 Å². The van der Waals surface area contributed by atoms with Gasteiger partial charge in [-0.05, 0) is 11.3 Å². The molecule has 0 saturated carbocycles. The summed E-state index contributed by atoms with van der Waals surface area (Å²) in [5.41, 5.74) is 0. The van der Waals surface area contributed by atoms with Crippen molar-refractivity contribution in [1.82, 2.24) is 4.90 Å². The fourth-order valence-corrected chi connectivity index (χ4v) is 2.11. The van der Waals surface area contributed by atoms with Gasteiger partial charge in [0.05, 0.1) is 6.61 Å². The largest absolute Gasteiger partial charge is 0.380 e. The quantitative estimate of drug-likeness (QED) is 0.624. The molecule has 0 N–H and O–H groups in total. The van der Waals surface area contributed by atoms with Crippen LogP contribution in [0.4, 0.5) is 0 Å². The van der Waals surface area contributed by atoms with Crippen molar-refractivity contribution in [2.45, 2.75) is 12.5 Å². The Bertz CT molecular complexity index is 208. The maximum Gasteiger partial charge on any atom is 0.0622 e. The van der Waals surface area contributed by atoms with E-state index in [9.17, 15) is 0 Å². The van der Waals surface area contributed by atoms with Crippen molar-refractivity contribution >= 4 is 15.9 Å². The number of nitrogens with zero attached hydrogens (tertiary/aromatic N) is 1. The average Bonchev–Trinajstić information content (AvgIpc) is 2.47. The Morgan fingerprint density at radius 3 is 2.83 bits per heavy atom. The molecule has 2 nitrogen and oxygen atoms in total. The lowest BCUT2D eigenvalue weighted by Gasteiger charge is -2.40. The Morgan fingerprint density at radius 2 is 2.25 bits per heavy atom. The second-order valence-corrected chi connectivity index (χ2v) is 3.80. The molecule has 0 aromatic heterocycles. The van der Waals surface area contributed by atoms with Crippen molar-refractivity contribution in [3.63, 3.8) is 0 Å². The fourth-order valence-electron chi connectivity index (χ4n) is 1.79. The lowest BCUT2D eigenvalue weighted by atomic mass is 9.98. The van der Waals surface area contributed by atoms with Gasteiger partial charge in [-0.25, -0.2) is 0 Å². The summed E-state index contributed by atoms with van der Waals surface area (Å²) >= 11 is 3.12. The van der Waals surface area contributed by atoms with E-state index < -0.39 is 0 Å². The first-order valence-electron chi connectivity index (χ1n) is 4.33. The molecule has 2 fully saturated rings. The van der Waals surface area contributed by atoms with Crippen LogP contribution in [0.25, 0.3) is 0 Å². The molecule has 0 amide bonds. The Hall–Kier alpha value is -0.0400. The number of hydrogen-bond acceptors (Lipinski definition) is 2. The highest BCUT2D eigenvalue weighted by Gasteiger charge is 2.32. The minimum atomic E-state index is 0.588. The third-order valence-corrected chi connectivity index (χ3v) is 2.82. The molecule has 0 aromatic rings. The monoisotopic (exact) mass is 229 g/mol. The van der Waals surface area contributed by atoms with Crippen molar-refractivity contribution in [2.75, 3.05) is 26.3 Å². The van der Waals surface area contributed by atoms with E-state index in [1.54, 1.807) is 0 Å². The van der Waals surface area contributed by atoms with Crippen molar-refractivity contribution in [3.05, 3.63) is 0 Å². The number of likely N-dealkylation sites (tertiary alicyclic amines) is 1. The van der Waals surface area contributed by atoms with Crippen LogP contribution < -0.4 is 0 Å².